The van der Waals surface area contributed by atoms with E-state index < -0.39 is 0 Å². The Balaban J connectivity index is 2.19. The van der Waals surface area contributed by atoms with E-state index in [-0.39, 0.29) is 18.0 Å². The van der Waals surface area contributed by atoms with Gasteiger partial charge in [0.15, 0.2) is 10.9 Å². The zero-order valence-corrected chi connectivity index (χ0v) is 14.0. The molecule has 0 saturated heterocycles. The summed E-state index contributed by atoms with van der Waals surface area (Å²) in [6.07, 6.45) is 9.64. The highest BCUT2D eigenvalue weighted by molar-refractivity contribution is 7.98. The molecule has 22 heavy (non-hydrogen) atoms. The van der Waals surface area contributed by atoms with Gasteiger partial charge in [0, 0.05) is 18.7 Å². The molecule has 0 amide bonds. The summed E-state index contributed by atoms with van der Waals surface area (Å²) >= 11 is 1.44. The van der Waals surface area contributed by atoms with E-state index in [1.54, 1.807) is 13.1 Å². The SMILES string of the molecule is CCC(=O)CC(=O)c1cnc(SC)nc1NC1CCCCC1. The summed E-state index contributed by atoms with van der Waals surface area (Å²) in [6, 6.07) is 0.354. The minimum absolute atomic E-state index is 0.0532. The Bertz CT molecular complexity index is 542. The molecule has 0 spiro atoms. The monoisotopic (exact) mass is 321 g/mol. The lowest BCUT2D eigenvalue weighted by Gasteiger charge is -2.24. The average molecular weight is 321 g/mol. The number of ketones is 2. The van der Waals surface area contributed by atoms with Gasteiger partial charge in [-0.2, -0.15) is 0 Å². The summed E-state index contributed by atoms with van der Waals surface area (Å²) in [5, 5.41) is 4.04. The number of thioether (sulfide) groups is 1. The highest BCUT2D eigenvalue weighted by Gasteiger charge is 2.20. The van der Waals surface area contributed by atoms with Crippen LogP contribution in [-0.2, 0) is 4.79 Å². The summed E-state index contributed by atoms with van der Waals surface area (Å²) in [5.74, 6) is 0.334. The molecule has 1 heterocycles. The van der Waals surface area contributed by atoms with Crippen molar-refractivity contribution >= 4 is 29.1 Å². The standard InChI is InChI=1S/C16H23N3O2S/c1-3-12(20)9-14(21)13-10-17-16(22-2)19-15(13)18-11-7-5-4-6-8-11/h10-11H,3-9H2,1-2H3,(H,17,18,19). The molecule has 2 rings (SSSR count). The fraction of sp³-hybridized carbons (Fsp3) is 0.625. The van der Waals surface area contributed by atoms with E-state index in [0.717, 1.165) is 12.8 Å². The maximum Gasteiger partial charge on any atom is 0.189 e. The first-order valence-electron chi connectivity index (χ1n) is 7.86. The predicted molar refractivity (Wildman–Crippen MR) is 88.6 cm³/mol. The van der Waals surface area contributed by atoms with Crippen molar-refractivity contribution in [3.63, 3.8) is 0 Å². The molecule has 1 aliphatic carbocycles. The van der Waals surface area contributed by atoms with Gasteiger partial charge in [0.05, 0.1) is 12.0 Å². The van der Waals surface area contributed by atoms with Gasteiger partial charge in [0.2, 0.25) is 0 Å². The lowest BCUT2D eigenvalue weighted by atomic mass is 9.95. The molecule has 1 aromatic rings. The molecule has 1 saturated carbocycles. The predicted octanol–water partition coefficient (Wildman–Crippen LogP) is 3.50. The summed E-state index contributed by atoms with van der Waals surface area (Å²) in [4.78, 5) is 32.5. The van der Waals surface area contributed by atoms with Gasteiger partial charge in [-0.3, -0.25) is 9.59 Å². The Morgan fingerprint density at radius 3 is 2.68 bits per heavy atom. The second-order valence-corrected chi connectivity index (χ2v) is 6.36. The molecule has 6 heteroatoms. The van der Waals surface area contributed by atoms with Crippen molar-refractivity contribution in [3.05, 3.63) is 11.8 Å². The molecule has 1 fully saturated rings. The molecule has 0 bridgehead atoms. The lowest BCUT2D eigenvalue weighted by Crippen LogP contribution is -2.25. The first kappa shape index (κ1) is 16.9. The molecule has 1 N–H and O–H groups in total. The smallest absolute Gasteiger partial charge is 0.189 e. The summed E-state index contributed by atoms with van der Waals surface area (Å²) < 4.78 is 0. The quantitative estimate of drug-likeness (QED) is 0.359. The van der Waals surface area contributed by atoms with E-state index in [4.69, 9.17) is 0 Å². The Morgan fingerprint density at radius 2 is 2.05 bits per heavy atom. The molecule has 0 aromatic carbocycles. The molecular formula is C16H23N3O2S. The van der Waals surface area contributed by atoms with E-state index in [9.17, 15) is 9.59 Å². The molecule has 0 aliphatic heterocycles. The highest BCUT2D eigenvalue weighted by Crippen LogP contribution is 2.24. The van der Waals surface area contributed by atoms with Gasteiger partial charge >= 0.3 is 0 Å². The number of aromatic nitrogens is 2. The minimum atomic E-state index is -0.196. The van der Waals surface area contributed by atoms with E-state index in [0.29, 0.717) is 29.0 Å². The van der Waals surface area contributed by atoms with Gasteiger partial charge in [-0.1, -0.05) is 37.9 Å². The zero-order chi connectivity index (χ0) is 15.9. The fourth-order valence-electron chi connectivity index (χ4n) is 2.62. The summed E-state index contributed by atoms with van der Waals surface area (Å²) in [6.45, 7) is 1.77. The van der Waals surface area contributed by atoms with Crippen molar-refractivity contribution in [1.29, 1.82) is 0 Å². The van der Waals surface area contributed by atoms with Gasteiger partial charge in [0.1, 0.15) is 11.6 Å². The maximum atomic E-state index is 12.3. The summed E-state index contributed by atoms with van der Waals surface area (Å²) in [7, 11) is 0. The summed E-state index contributed by atoms with van der Waals surface area (Å²) in [5.41, 5.74) is 0.435. The van der Waals surface area contributed by atoms with E-state index >= 15 is 0 Å². The third-order valence-electron chi connectivity index (χ3n) is 3.95. The van der Waals surface area contributed by atoms with Crippen LogP contribution in [0.5, 0.6) is 0 Å². The number of hydrogen-bond acceptors (Lipinski definition) is 6. The van der Waals surface area contributed by atoms with Crippen molar-refractivity contribution in [3.8, 4) is 0 Å². The van der Waals surface area contributed by atoms with E-state index in [2.05, 4.69) is 15.3 Å². The third kappa shape index (κ3) is 4.53. The maximum absolute atomic E-state index is 12.3. The lowest BCUT2D eigenvalue weighted by molar-refractivity contribution is -0.117. The van der Waals surface area contributed by atoms with Crippen LogP contribution in [0, 0.1) is 0 Å². The van der Waals surface area contributed by atoms with Crippen LogP contribution >= 0.6 is 11.8 Å². The molecule has 0 radical (unpaired) electrons. The van der Waals surface area contributed by atoms with Crippen LogP contribution in [0.2, 0.25) is 0 Å². The molecule has 1 aliphatic rings. The van der Waals surface area contributed by atoms with E-state index in [1.165, 1.54) is 31.0 Å². The second kappa shape index (κ2) is 8.27. The van der Waals surface area contributed by atoms with Crippen molar-refractivity contribution in [2.45, 2.75) is 63.1 Å². The van der Waals surface area contributed by atoms with Crippen LogP contribution in [0.1, 0.15) is 62.2 Å². The van der Waals surface area contributed by atoms with Crippen LogP contribution < -0.4 is 5.32 Å². The Morgan fingerprint density at radius 1 is 1.32 bits per heavy atom. The molecule has 120 valence electrons. The number of carbonyl (C=O) groups excluding carboxylic acids is 2. The molecular weight excluding hydrogens is 298 g/mol. The van der Waals surface area contributed by atoms with Crippen LogP contribution in [0.15, 0.2) is 11.4 Å². The topological polar surface area (TPSA) is 72.0 Å². The van der Waals surface area contributed by atoms with Crippen LogP contribution in [-0.4, -0.2) is 33.8 Å². The third-order valence-corrected chi connectivity index (χ3v) is 4.51. The number of nitrogens with one attached hydrogen (secondary N) is 1. The van der Waals surface area contributed by atoms with Crippen molar-refractivity contribution < 1.29 is 9.59 Å². The highest BCUT2D eigenvalue weighted by atomic mass is 32.2. The fourth-order valence-corrected chi connectivity index (χ4v) is 2.96. The van der Waals surface area contributed by atoms with Crippen molar-refractivity contribution in [2.24, 2.45) is 0 Å². The minimum Gasteiger partial charge on any atom is -0.367 e. The number of hydrogen-bond donors (Lipinski definition) is 1. The number of nitrogens with zero attached hydrogens (tertiary/aromatic N) is 2. The Labute approximate surface area is 135 Å². The Hall–Kier alpha value is -1.43. The average Bonchev–Trinajstić information content (AvgIpc) is 2.55. The molecule has 1 aromatic heterocycles. The molecule has 0 unspecified atom stereocenters. The van der Waals surface area contributed by atoms with Crippen molar-refractivity contribution in [1.82, 2.24) is 9.97 Å². The Kier molecular flexibility index (Phi) is 6.36. The van der Waals surface area contributed by atoms with Gasteiger partial charge in [0.25, 0.3) is 0 Å². The number of anilines is 1. The van der Waals surface area contributed by atoms with Gasteiger partial charge in [-0.05, 0) is 19.1 Å². The largest absolute Gasteiger partial charge is 0.367 e. The van der Waals surface area contributed by atoms with Crippen LogP contribution in [0.25, 0.3) is 0 Å². The van der Waals surface area contributed by atoms with Gasteiger partial charge in [-0.25, -0.2) is 9.97 Å². The van der Waals surface area contributed by atoms with E-state index in [1.807, 2.05) is 6.26 Å². The van der Waals surface area contributed by atoms with Gasteiger partial charge in [-0.15, -0.1) is 0 Å². The van der Waals surface area contributed by atoms with Crippen molar-refractivity contribution in [2.75, 3.05) is 11.6 Å². The van der Waals surface area contributed by atoms with Crippen LogP contribution in [0.3, 0.4) is 0 Å². The molecule has 5 nitrogen and oxygen atoms in total. The number of rotatable bonds is 7. The number of Topliss-reactive ketones (excluding diaryl/α,β-unsaturated/α-hetero) is 2. The van der Waals surface area contributed by atoms with Crippen LogP contribution in [0.4, 0.5) is 5.82 Å². The zero-order valence-electron chi connectivity index (χ0n) is 13.2. The first-order valence-corrected chi connectivity index (χ1v) is 9.09. The first-order chi connectivity index (χ1) is 10.6. The number of carbonyl (C=O) groups is 2. The second-order valence-electron chi connectivity index (χ2n) is 5.59. The molecule has 0 atom stereocenters. The normalized spacial score (nSPS) is 15.5. The van der Waals surface area contributed by atoms with Gasteiger partial charge < -0.3 is 5.32 Å².